The average Bonchev–Trinajstić information content (AvgIpc) is 2.89. The van der Waals surface area contributed by atoms with E-state index in [-0.39, 0.29) is 6.42 Å². The van der Waals surface area contributed by atoms with Crippen LogP contribution in [0.15, 0.2) is 30.3 Å². The van der Waals surface area contributed by atoms with Crippen molar-refractivity contribution in [1.82, 2.24) is 0 Å². The van der Waals surface area contributed by atoms with E-state index in [1.807, 2.05) is 0 Å². The Morgan fingerprint density at radius 3 is 2.64 bits per heavy atom. The minimum atomic E-state index is -0.630. The zero-order valence-electron chi connectivity index (χ0n) is 12.2. The summed E-state index contributed by atoms with van der Waals surface area (Å²) in [4.78, 5) is 34.9. The lowest BCUT2D eigenvalue weighted by molar-refractivity contribution is -0.149. The first kappa shape index (κ1) is 16.4. The summed E-state index contributed by atoms with van der Waals surface area (Å²) in [6.07, 6.45) is -0.681. The molecule has 0 bridgehead atoms. The zero-order valence-corrected chi connectivity index (χ0v) is 13.0. The van der Waals surface area contributed by atoms with Crippen LogP contribution in [0.3, 0.4) is 0 Å². The van der Waals surface area contributed by atoms with Gasteiger partial charge in [0.1, 0.15) is 11.4 Å². The first-order chi connectivity index (χ1) is 10.5. The molecule has 1 aliphatic heterocycles. The van der Waals surface area contributed by atoms with Crippen LogP contribution in [0.1, 0.15) is 23.7 Å². The third-order valence-corrected chi connectivity index (χ3v) is 4.49. The first-order valence-electron chi connectivity index (χ1n) is 6.70. The number of cyclic esters (lactones) is 1. The molecule has 0 saturated carbocycles. The number of thioether (sulfide) groups is 1. The predicted octanol–water partition coefficient (Wildman–Crippen LogP) is 1.78. The summed E-state index contributed by atoms with van der Waals surface area (Å²) in [7, 11) is 1.26. The van der Waals surface area contributed by atoms with Crippen molar-refractivity contribution in [2.45, 2.75) is 30.1 Å². The Bertz CT molecular complexity index is 558. The smallest absolute Gasteiger partial charge is 0.338 e. The molecule has 0 amide bonds. The van der Waals surface area contributed by atoms with Crippen LogP contribution in [-0.2, 0) is 23.8 Å². The fourth-order valence-corrected chi connectivity index (χ4v) is 3.02. The fraction of sp³-hybridized carbons (Fsp3) is 0.400. The Hall–Kier alpha value is -2.02. The van der Waals surface area contributed by atoms with Crippen LogP contribution >= 0.6 is 11.8 Å². The highest BCUT2D eigenvalue weighted by Crippen LogP contribution is 2.34. The number of hydrogen-bond acceptors (Lipinski definition) is 7. The molecule has 7 heteroatoms. The van der Waals surface area contributed by atoms with Crippen molar-refractivity contribution < 1.29 is 28.6 Å². The van der Waals surface area contributed by atoms with E-state index in [1.54, 1.807) is 37.3 Å². The maximum Gasteiger partial charge on any atom is 0.338 e. The Morgan fingerprint density at radius 2 is 2.00 bits per heavy atom. The Balaban J connectivity index is 1.91. The summed E-state index contributed by atoms with van der Waals surface area (Å²) in [5.41, 5.74) is -0.204. The molecule has 0 aromatic heterocycles. The van der Waals surface area contributed by atoms with Gasteiger partial charge in [0.15, 0.2) is 5.44 Å². The SMILES string of the molecule is COC(=O)CC1SC(C(C)OC(=O)c2ccccc2)OC1=O. The highest BCUT2D eigenvalue weighted by molar-refractivity contribution is 8.01. The van der Waals surface area contributed by atoms with Gasteiger partial charge in [-0.2, -0.15) is 0 Å². The molecule has 1 fully saturated rings. The third kappa shape index (κ3) is 4.00. The molecule has 3 atom stereocenters. The maximum atomic E-state index is 12.0. The molecule has 118 valence electrons. The Kier molecular flexibility index (Phi) is 5.43. The van der Waals surface area contributed by atoms with Gasteiger partial charge < -0.3 is 14.2 Å². The molecule has 0 radical (unpaired) electrons. The first-order valence-corrected chi connectivity index (χ1v) is 7.64. The van der Waals surface area contributed by atoms with Gasteiger partial charge in [-0.1, -0.05) is 30.0 Å². The fourth-order valence-electron chi connectivity index (χ4n) is 1.87. The number of ether oxygens (including phenoxy) is 3. The Morgan fingerprint density at radius 1 is 1.32 bits per heavy atom. The molecule has 1 aromatic carbocycles. The van der Waals surface area contributed by atoms with E-state index >= 15 is 0 Å². The number of rotatable bonds is 5. The van der Waals surface area contributed by atoms with Crippen molar-refractivity contribution >= 4 is 29.7 Å². The van der Waals surface area contributed by atoms with Crippen LogP contribution < -0.4 is 0 Å². The summed E-state index contributed by atoms with van der Waals surface area (Å²) < 4.78 is 15.0. The number of hydrogen-bond donors (Lipinski definition) is 0. The lowest BCUT2D eigenvalue weighted by Gasteiger charge is -2.18. The minimum absolute atomic E-state index is 0.0597. The van der Waals surface area contributed by atoms with Gasteiger partial charge in [0.05, 0.1) is 19.1 Å². The van der Waals surface area contributed by atoms with Crippen molar-refractivity contribution in [2.24, 2.45) is 0 Å². The van der Waals surface area contributed by atoms with E-state index in [1.165, 1.54) is 7.11 Å². The summed E-state index contributed by atoms with van der Waals surface area (Å²) in [5, 5.41) is -0.629. The number of methoxy groups -OCH3 is 1. The number of carbonyl (C=O) groups excluding carboxylic acids is 3. The van der Waals surface area contributed by atoms with Crippen LogP contribution in [0.25, 0.3) is 0 Å². The van der Waals surface area contributed by atoms with Crippen molar-refractivity contribution in [1.29, 1.82) is 0 Å². The monoisotopic (exact) mass is 324 g/mol. The molecule has 1 saturated heterocycles. The molecule has 2 rings (SSSR count). The van der Waals surface area contributed by atoms with Crippen LogP contribution in [0, 0.1) is 0 Å². The summed E-state index contributed by atoms with van der Waals surface area (Å²) in [6, 6.07) is 8.55. The van der Waals surface area contributed by atoms with Gasteiger partial charge in [0, 0.05) is 0 Å². The number of benzene rings is 1. The summed E-state index contributed by atoms with van der Waals surface area (Å²) in [6.45, 7) is 1.65. The van der Waals surface area contributed by atoms with Crippen LogP contribution in [-0.4, -0.2) is 41.8 Å². The molecule has 22 heavy (non-hydrogen) atoms. The molecule has 3 unspecified atom stereocenters. The van der Waals surface area contributed by atoms with E-state index in [4.69, 9.17) is 9.47 Å². The predicted molar refractivity (Wildman–Crippen MR) is 79.2 cm³/mol. The number of carbonyl (C=O) groups is 3. The van der Waals surface area contributed by atoms with E-state index in [0.29, 0.717) is 5.56 Å². The zero-order chi connectivity index (χ0) is 16.1. The molecular formula is C15H16O6S. The van der Waals surface area contributed by atoms with Gasteiger partial charge in [0.2, 0.25) is 0 Å². The molecule has 0 N–H and O–H groups in total. The van der Waals surface area contributed by atoms with Gasteiger partial charge in [0.25, 0.3) is 0 Å². The van der Waals surface area contributed by atoms with Crippen molar-refractivity contribution in [2.75, 3.05) is 7.11 Å². The average molecular weight is 324 g/mol. The molecule has 1 aliphatic rings. The summed E-state index contributed by atoms with van der Waals surface area (Å²) in [5.74, 6) is -1.46. The standard InChI is InChI=1S/C15H16O6S/c1-9(20-13(17)10-6-4-3-5-7-10)15-21-14(18)11(22-15)8-12(16)19-2/h3-7,9,11,15H,8H2,1-2H3. The van der Waals surface area contributed by atoms with E-state index in [9.17, 15) is 14.4 Å². The van der Waals surface area contributed by atoms with Gasteiger partial charge in [-0.15, -0.1) is 0 Å². The van der Waals surface area contributed by atoms with Gasteiger partial charge in [-0.25, -0.2) is 4.79 Å². The molecule has 0 spiro atoms. The van der Waals surface area contributed by atoms with Crippen LogP contribution in [0.4, 0.5) is 0 Å². The van der Waals surface area contributed by atoms with E-state index < -0.39 is 34.7 Å². The molecule has 6 nitrogen and oxygen atoms in total. The molecule has 1 heterocycles. The third-order valence-electron chi connectivity index (χ3n) is 3.06. The normalized spacial score (nSPS) is 21.8. The highest BCUT2D eigenvalue weighted by Gasteiger charge is 2.40. The van der Waals surface area contributed by atoms with Crippen LogP contribution in [0.2, 0.25) is 0 Å². The van der Waals surface area contributed by atoms with E-state index in [2.05, 4.69) is 4.74 Å². The minimum Gasteiger partial charge on any atom is -0.469 e. The summed E-state index contributed by atoms with van der Waals surface area (Å²) >= 11 is 1.16. The Labute approximate surface area is 132 Å². The quantitative estimate of drug-likeness (QED) is 0.603. The lowest BCUT2D eigenvalue weighted by atomic mass is 10.2. The van der Waals surface area contributed by atoms with Crippen molar-refractivity contribution in [3.8, 4) is 0 Å². The topological polar surface area (TPSA) is 78.9 Å². The van der Waals surface area contributed by atoms with E-state index in [0.717, 1.165) is 11.8 Å². The second kappa shape index (κ2) is 7.31. The largest absolute Gasteiger partial charge is 0.469 e. The van der Waals surface area contributed by atoms with Crippen molar-refractivity contribution in [3.05, 3.63) is 35.9 Å². The van der Waals surface area contributed by atoms with Crippen molar-refractivity contribution in [3.63, 3.8) is 0 Å². The van der Waals surface area contributed by atoms with Gasteiger partial charge in [-0.3, -0.25) is 9.59 Å². The lowest BCUT2D eigenvalue weighted by Crippen LogP contribution is -2.26. The molecular weight excluding hydrogens is 308 g/mol. The van der Waals surface area contributed by atoms with Crippen LogP contribution in [0.5, 0.6) is 0 Å². The second-order valence-corrected chi connectivity index (χ2v) is 5.99. The number of esters is 3. The second-order valence-electron chi connectivity index (χ2n) is 4.69. The van der Waals surface area contributed by atoms with Gasteiger partial charge >= 0.3 is 17.9 Å². The molecule has 0 aliphatic carbocycles. The highest BCUT2D eigenvalue weighted by atomic mass is 32.2. The molecule has 1 aromatic rings. The van der Waals surface area contributed by atoms with Gasteiger partial charge in [-0.05, 0) is 19.1 Å². The maximum absolute atomic E-state index is 12.0.